The second-order valence-corrected chi connectivity index (χ2v) is 8.58. The molecule has 5 heteroatoms. The first-order valence-electron chi connectivity index (χ1n) is 10.7. The summed E-state index contributed by atoms with van der Waals surface area (Å²) in [5, 5.41) is 3.36. The lowest BCUT2D eigenvalue weighted by Crippen LogP contribution is -2.53. The number of hydrogen-bond acceptors (Lipinski definition) is 4. The zero-order chi connectivity index (χ0) is 20.8. The van der Waals surface area contributed by atoms with Gasteiger partial charge in [-0.15, -0.1) is 0 Å². The van der Waals surface area contributed by atoms with Crippen LogP contribution in [0.15, 0.2) is 42.6 Å². The molecule has 0 unspecified atom stereocenters. The van der Waals surface area contributed by atoms with E-state index in [9.17, 15) is 4.79 Å². The van der Waals surface area contributed by atoms with Crippen molar-refractivity contribution in [2.24, 2.45) is 5.92 Å². The summed E-state index contributed by atoms with van der Waals surface area (Å²) in [7, 11) is 0. The van der Waals surface area contributed by atoms with Crippen molar-refractivity contribution in [1.29, 1.82) is 0 Å². The summed E-state index contributed by atoms with van der Waals surface area (Å²) in [4.78, 5) is 22.1. The molecule has 1 saturated heterocycles. The predicted octanol–water partition coefficient (Wildman–Crippen LogP) is 4.19. The van der Waals surface area contributed by atoms with Crippen molar-refractivity contribution >= 4 is 11.7 Å². The average Bonchev–Trinajstić information content (AvgIpc) is 2.68. The maximum Gasteiger partial charge on any atom is 0.257 e. The summed E-state index contributed by atoms with van der Waals surface area (Å²) in [6.45, 7) is 12.9. The fraction of sp³-hybridized carbons (Fsp3) is 0.500. The monoisotopic (exact) mass is 394 g/mol. The van der Waals surface area contributed by atoms with Crippen LogP contribution in [-0.2, 0) is 6.54 Å². The first kappa shape index (κ1) is 21.3. The molecule has 1 aliphatic rings. The number of anilines is 1. The fourth-order valence-electron chi connectivity index (χ4n) is 3.90. The van der Waals surface area contributed by atoms with Crippen molar-refractivity contribution in [2.75, 3.05) is 31.5 Å². The molecule has 1 N–H and O–H groups in total. The quantitative estimate of drug-likeness (QED) is 0.765. The van der Waals surface area contributed by atoms with Gasteiger partial charge in [-0.2, -0.15) is 0 Å². The van der Waals surface area contributed by atoms with Crippen molar-refractivity contribution in [3.8, 4) is 0 Å². The number of nitrogens with zero attached hydrogens (tertiary/aromatic N) is 3. The number of piperazine rings is 1. The van der Waals surface area contributed by atoms with E-state index in [1.54, 1.807) is 6.20 Å². The van der Waals surface area contributed by atoms with E-state index in [2.05, 4.69) is 67.2 Å². The van der Waals surface area contributed by atoms with Crippen molar-refractivity contribution in [3.05, 3.63) is 59.3 Å². The highest BCUT2D eigenvalue weighted by atomic mass is 16.2. The number of pyridine rings is 1. The average molecular weight is 395 g/mol. The molecule has 0 spiro atoms. The van der Waals surface area contributed by atoms with Gasteiger partial charge in [-0.05, 0) is 43.9 Å². The number of carbonyl (C=O) groups is 1. The maximum atomic E-state index is 13.3. The lowest BCUT2D eigenvalue weighted by Gasteiger charge is -2.40. The normalized spacial score (nSPS) is 17.6. The van der Waals surface area contributed by atoms with Crippen molar-refractivity contribution in [2.45, 2.75) is 46.7 Å². The molecule has 5 nitrogen and oxygen atoms in total. The van der Waals surface area contributed by atoms with E-state index in [0.717, 1.165) is 39.1 Å². The van der Waals surface area contributed by atoms with Gasteiger partial charge in [-0.3, -0.25) is 9.69 Å². The van der Waals surface area contributed by atoms with Gasteiger partial charge in [0.25, 0.3) is 5.91 Å². The van der Waals surface area contributed by atoms with Crippen LogP contribution in [0.25, 0.3) is 0 Å². The van der Waals surface area contributed by atoms with Crippen LogP contribution >= 0.6 is 0 Å². The zero-order valence-electron chi connectivity index (χ0n) is 18.2. The van der Waals surface area contributed by atoms with E-state index in [-0.39, 0.29) is 11.9 Å². The van der Waals surface area contributed by atoms with Gasteiger partial charge in [0.05, 0.1) is 5.56 Å². The Morgan fingerprint density at radius 1 is 1.24 bits per heavy atom. The number of amides is 1. The highest BCUT2D eigenvalue weighted by Crippen LogP contribution is 2.20. The smallest absolute Gasteiger partial charge is 0.257 e. The zero-order valence-corrected chi connectivity index (χ0v) is 18.2. The molecular formula is C24H34N4O. The first-order chi connectivity index (χ1) is 13.9. The molecule has 3 rings (SSSR count). The Bertz CT molecular complexity index is 820. The summed E-state index contributed by atoms with van der Waals surface area (Å²) in [6, 6.07) is 12.6. The van der Waals surface area contributed by atoms with E-state index < -0.39 is 0 Å². The topological polar surface area (TPSA) is 48.5 Å². The molecule has 1 fully saturated rings. The Hall–Kier alpha value is -2.40. The van der Waals surface area contributed by atoms with Crippen LogP contribution in [0.2, 0.25) is 0 Å². The molecule has 1 aliphatic heterocycles. The Morgan fingerprint density at radius 3 is 2.79 bits per heavy atom. The molecule has 0 bridgehead atoms. The van der Waals surface area contributed by atoms with Gasteiger partial charge < -0.3 is 10.2 Å². The number of aryl methyl sites for hydroxylation is 1. The Morgan fingerprint density at radius 2 is 2.07 bits per heavy atom. The highest BCUT2D eigenvalue weighted by Gasteiger charge is 2.29. The van der Waals surface area contributed by atoms with Crippen LogP contribution < -0.4 is 5.32 Å². The lowest BCUT2D eigenvalue weighted by molar-refractivity contribution is 0.0476. The van der Waals surface area contributed by atoms with Crippen LogP contribution in [0.1, 0.15) is 48.7 Å². The SMILES string of the molecule is Cc1cccc(CN2CCN(C(=O)c3cccnc3NCCC(C)C)[C@@H](C)C2)c1. The molecule has 0 radical (unpaired) electrons. The minimum atomic E-state index is 0.0767. The molecule has 29 heavy (non-hydrogen) atoms. The third kappa shape index (κ3) is 5.80. The minimum Gasteiger partial charge on any atom is -0.369 e. The number of nitrogens with one attached hydrogen (secondary N) is 1. The van der Waals surface area contributed by atoms with E-state index in [0.29, 0.717) is 17.3 Å². The van der Waals surface area contributed by atoms with Gasteiger partial charge in [-0.1, -0.05) is 43.7 Å². The second-order valence-electron chi connectivity index (χ2n) is 8.58. The van der Waals surface area contributed by atoms with Crippen LogP contribution in [0.3, 0.4) is 0 Å². The van der Waals surface area contributed by atoms with Gasteiger partial charge in [0, 0.05) is 45.0 Å². The van der Waals surface area contributed by atoms with Gasteiger partial charge in [-0.25, -0.2) is 4.98 Å². The Kier molecular flexibility index (Phi) is 7.26. The number of rotatable bonds is 7. The molecule has 0 saturated carbocycles. The number of benzene rings is 1. The number of hydrogen-bond donors (Lipinski definition) is 1. The number of aromatic nitrogens is 1. The molecule has 2 heterocycles. The highest BCUT2D eigenvalue weighted by molar-refractivity contribution is 5.99. The molecule has 2 aromatic rings. The molecule has 156 valence electrons. The molecule has 1 aromatic carbocycles. The molecule has 1 amide bonds. The molecule has 0 aliphatic carbocycles. The summed E-state index contributed by atoms with van der Waals surface area (Å²) < 4.78 is 0. The summed E-state index contributed by atoms with van der Waals surface area (Å²) in [5.74, 6) is 1.40. The second kappa shape index (κ2) is 9.88. The molecular weight excluding hydrogens is 360 g/mol. The first-order valence-corrected chi connectivity index (χ1v) is 10.7. The van der Waals surface area contributed by atoms with Crippen LogP contribution in [0, 0.1) is 12.8 Å². The van der Waals surface area contributed by atoms with E-state index in [1.807, 2.05) is 17.0 Å². The van der Waals surface area contributed by atoms with Crippen LogP contribution in [0.4, 0.5) is 5.82 Å². The van der Waals surface area contributed by atoms with E-state index in [4.69, 9.17) is 0 Å². The third-order valence-electron chi connectivity index (χ3n) is 5.51. The standard InChI is InChI=1S/C24H34N4O/c1-18(2)10-12-26-23-22(9-6-11-25-23)24(29)28-14-13-27(16-20(28)4)17-21-8-5-7-19(3)15-21/h5-9,11,15,18,20H,10,12-14,16-17H2,1-4H3,(H,25,26)/t20-/m0/s1. The van der Waals surface area contributed by atoms with E-state index in [1.165, 1.54) is 11.1 Å². The van der Waals surface area contributed by atoms with Crippen molar-refractivity contribution < 1.29 is 4.79 Å². The summed E-state index contributed by atoms with van der Waals surface area (Å²) in [5.41, 5.74) is 3.30. The number of carbonyl (C=O) groups excluding carboxylic acids is 1. The maximum absolute atomic E-state index is 13.3. The summed E-state index contributed by atoms with van der Waals surface area (Å²) in [6.07, 6.45) is 2.80. The van der Waals surface area contributed by atoms with Gasteiger partial charge in [0.2, 0.25) is 0 Å². The van der Waals surface area contributed by atoms with Crippen LogP contribution in [0.5, 0.6) is 0 Å². The largest absolute Gasteiger partial charge is 0.369 e. The third-order valence-corrected chi connectivity index (χ3v) is 5.51. The fourth-order valence-corrected chi connectivity index (χ4v) is 3.90. The molecule has 1 aromatic heterocycles. The summed E-state index contributed by atoms with van der Waals surface area (Å²) >= 11 is 0. The predicted molar refractivity (Wildman–Crippen MR) is 119 cm³/mol. The lowest BCUT2D eigenvalue weighted by atomic mass is 10.1. The van der Waals surface area contributed by atoms with Gasteiger partial charge >= 0.3 is 0 Å². The minimum absolute atomic E-state index is 0.0767. The van der Waals surface area contributed by atoms with Gasteiger partial charge in [0.1, 0.15) is 5.82 Å². The van der Waals surface area contributed by atoms with Crippen molar-refractivity contribution in [1.82, 2.24) is 14.8 Å². The molecule has 1 atom stereocenters. The van der Waals surface area contributed by atoms with E-state index >= 15 is 0 Å². The van der Waals surface area contributed by atoms with Crippen molar-refractivity contribution in [3.63, 3.8) is 0 Å². The Labute approximate surface area is 175 Å². The van der Waals surface area contributed by atoms with Gasteiger partial charge in [0.15, 0.2) is 0 Å². The Balaban J connectivity index is 1.62. The van der Waals surface area contributed by atoms with Crippen LogP contribution in [-0.4, -0.2) is 52.9 Å².